The zero-order valence-corrected chi connectivity index (χ0v) is 10.4. The average Bonchev–Trinajstić information content (AvgIpc) is 2.61. The lowest BCUT2D eigenvalue weighted by atomic mass is 10.2. The van der Waals surface area contributed by atoms with Gasteiger partial charge in [-0.25, -0.2) is 4.79 Å². The van der Waals surface area contributed by atoms with E-state index in [-0.39, 0.29) is 11.6 Å². The second kappa shape index (κ2) is 4.52. The third-order valence-electron chi connectivity index (χ3n) is 2.94. The van der Waals surface area contributed by atoms with Crippen molar-refractivity contribution >= 4 is 16.9 Å². The average molecular weight is 245 g/mol. The highest BCUT2D eigenvalue weighted by Crippen LogP contribution is 2.13. The Morgan fingerprint density at radius 2 is 2.00 bits per heavy atom. The van der Waals surface area contributed by atoms with E-state index < -0.39 is 0 Å². The summed E-state index contributed by atoms with van der Waals surface area (Å²) in [7, 11) is 3.40. The van der Waals surface area contributed by atoms with Gasteiger partial charge in [0, 0.05) is 26.2 Å². The number of benzene rings is 1. The van der Waals surface area contributed by atoms with Crippen LogP contribution in [0.3, 0.4) is 0 Å². The number of carbonyl (C=O) groups is 1. The van der Waals surface area contributed by atoms with Crippen LogP contribution in [0.2, 0.25) is 0 Å². The van der Waals surface area contributed by atoms with Gasteiger partial charge in [-0.15, -0.1) is 6.58 Å². The van der Waals surface area contributed by atoms with Crippen LogP contribution in [0.1, 0.15) is 10.4 Å². The summed E-state index contributed by atoms with van der Waals surface area (Å²) in [4.78, 5) is 23.6. The van der Waals surface area contributed by atoms with E-state index in [1.165, 1.54) is 4.57 Å². The van der Waals surface area contributed by atoms with Gasteiger partial charge < -0.3 is 5.32 Å². The molecule has 0 saturated heterocycles. The van der Waals surface area contributed by atoms with Crippen molar-refractivity contribution in [2.75, 3.05) is 6.54 Å². The van der Waals surface area contributed by atoms with Crippen molar-refractivity contribution in [1.29, 1.82) is 0 Å². The van der Waals surface area contributed by atoms with Crippen LogP contribution in [0.5, 0.6) is 0 Å². The molecule has 0 spiro atoms. The topological polar surface area (TPSA) is 56.0 Å². The summed E-state index contributed by atoms with van der Waals surface area (Å²) >= 11 is 0. The largest absolute Gasteiger partial charge is 0.349 e. The lowest BCUT2D eigenvalue weighted by molar-refractivity contribution is 0.0958. The molecule has 1 heterocycles. The van der Waals surface area contributed by atoms with Crippen LogP contribution in [0.4, 0.5) is 0 Å². The summed E-state index contributed by atoms with van der Waals surface area (Å²) < 4.78 is 3.08. The Kier molecular flexibility index (Phi) is 3.06. The molecule has 5 heteroatoms. The molecule has 0 aliphatic carbocycles. The standard InChI is InChI=1S/C13H15N3O2/c1-4-7-14-12(17)9-5-6-10-11(8-9)16(3)13(18)15(10)2/h4-6,8H,1,7H2,2-3H3,(H,14,17). The molecule has 1 N–H and O–H groups in total. The summed E-state index contributed by atoms with van der Waals surface area (Å²) in [6.45, 7) is 3.96. The van der Waals surface area contributed by atoms with E-state index >= 15 is 0 Å². The first-order chi connectivity index (χ1) is 8.56. The Bertz CT molecular complexity index is 679. The van der Waals surface area contributed by atoms with E-state index in [1.807, 2.05) is 0 Å². The molecule has 1 amide bonds. The molecule has 1 aromatic heterocycles. The van der Waals surface area contributed by atoms with Crippen LogP contribution < -0.4 is 11.0 Å². The Labute approximate surface area is 104 Å². The zero-order valence-electron chi connectivity index (χ0n) is 10.4. The van der Waals surface area contributed by atoms with E-state index in [0.717, 1.165) is 11.0 Å². The van der Waals surface area contributed by atoms with Gasteiger partial charge in [0.05, 0.1) is 11.0 Å². The molecule has 94 valence electrons. The van der Waals surface area contributed by atoms with Crippen molar-refractivity contribution < 1.29 is 4.79 Å². The fourth-order valence-corrected chi connectivity index (χ4v) is 1.91. The van der Waals surface area contributed by atoms with Gasteiger partial charge in [-0.2, -0.15) is 0 Å². The molecule has 0 radical (unpaired) electrons. The molecule has 0 aliphatic heterocycles. The molecule has 0 atom stereocenters. The van der Waals surface area contributed by atoms with Gasteiger partial charge in [-0.05, 0) is 18.2 Å². The summed E-state index contributed by atoms with van der Waals surface area (Å²) in [5, 5.41) is 2.70. The number of fused-ring (bicyclic) bond motifs is 1. The molecule has 5 nitrogen and oxygen atoms in total. The highest BCUT2D eigenvalue weighted by Gasteiger charge is 2.11. The molecule has 0 aliphatic rings. The van der Waals surface area contributed by atoms with Crippen molar-refractivity contribution in [2.24, 2.45) is 14.1 Å². The summed E-state index contributed by atoms with van der Waals surface area (Å²) in [6, 6.07) is 5.20. The normalized spacial score (nSPS) is 10.6. The molecule has 0 saturated carbocycles. The highest BCUT2D eigenvalue weighted by atomic mass is 16.2. The first-order valence-corrected chi connectivity index (χ1v) is 5.61. The van der Waals surface area contributed by atoms with Gasteiger partial charge in [0.1, 0.15) is 0 Å². The fourth-order valence-electron chi connectivity index (χ4n) is 1.91. The van der Waals surface area contributed by atoms with Gasteiger partial charge in [0.15, 0.2) is 0 Å². The van der Waals surface area contributed by atoms with E-state index in [9.17, 15) is 9.59 Å². The maximum Gasteiger partial charge on any atom is 0.328 e. The van der Waals surface area contributed by atoms with Crippen LogP contribution in [-0.2, 0) is 14.1 Å². The lowest BCUT2D eigenvalue weighted by Gasteiger charge is -2.03. The monoisotopic (exact) mass is 245 g/mol. The van der Waals surface area contributed by atoms with Crippen molar-refractivity contribution in [3.8, 4) is 0 Å². The number of carbonyl (C=O) groups excluding carboxylic acids is 1. The number of hydrogen-bond acceptors (Lipinski definition) is 2. The minimum atomic E-state index is -0.173. The molecule has 2 aromatic rings. The number of amides is 1. The third kappa shape index (κ3) is 1.84. The first-order valence-electron chi connectivity index (χ1n) is 5.61. The molecule has 1 aromatic carbocycles. The SMILES string of the molecule is C=CCNC(=O)c1ccc2c(c1)n(C)c(=O)n2C. The number of nitrogens with zero attached hydrogens (tertiary/aromatic N) is 2. The van der Waals surface area contributed by atoms with Crippen LogP contribution in [0.15, 0.2) is 35.6 Å². The Hall–Kier alpha value is -2.30. The van der Waals surface area contributed by atoms with Crippen LogP contribution >= 0.6 is 0 Å². The number of aryl methyl sites for hydroxylation is 2. The zero-order chi connectivity index (χ0) is 13.3. The number of nitrogens with one attached hydrogen (secondary N) is 1. The molecule has 2 rings (SSSR count). The minimum absolute atomic E-state index is 0.103. The number of hydrogen-bond donors (Lipinski definition) is 1. The third-order valence-corrected chi connectivity index (χ3v) is 2.94. The second-order valence-electron chi connectivity index (χ2n) is 4.10. The molecule has 0 unspecified atom stereocenters. The van der Waals surface area contributed by atoms with Crippen molar-refractivity contribution in [3.63, 3.8) is 0 Å². The molecular weight excluding hydrogens is 230 g/mol. The highest BCUT2D eigenvalue weighted by molar-refractivity contribution is 5.97. The van der Waals surface area contributed by atoms with Gasteiger partial charge in [0.2, 0.25) is 0 Å². The maximum absolute atomic E-state index is 11.8. The van der Waals surface area contributed by atoms with Gasteiger partial charge in [0.25, 0.3) is 5.91 Å². The first kappa shape index (κ1) is 12.2. The summed E-state index contributed by atoms with van der Waals surface area (Å²) in [5.74, 6) is -0.173. The lowest BCUT2D eigenvalue weighted by Crippen LogP contribution is -2.23. The van der Waals surface area contributed by atoms with Gasteiger partial charge >= 0.3 is 5.69 Å². The molecule has 18 heavy (non-hydrogen) atoms. The van der Waals surface area contributed by atoms with E-state index in [1.54, 1.807) is 42.9 Å². The number of imidazole rings is 1. The molecular formula is C13H15N3O2. The fraction of sp³-hybridized carbons (Fsp3) is 0.231. The van der Waals surface area contributed by atoms with Crippen molar-refractivity contribution in [2.45, 2.75) is 0 Å². The Balaban J connectivity index is 2.51. The van der Waals surface area contributed by atoms with Crippen molar-refractivity contribution in [3.05, 3.63) is 46.9 Å². The van der Waals surface area contributed by atoms with Gasteiger partial charge in [-0.3, -0.25) is 13.9 Å². The Morgan fingerprint density at radius 3 is 2.67 bits per heavy atom. The predicted octanol–water partition coefficient (Wildman–Crippen LogP) is 0.793. The van der Waals surface area contributed by atoms with E-state index in [4.69, 9.17) is 0 Å². The number of rotatable bonds is 3. The molecule has 0 bridgehead atoms. The van der Waals surface area contributed by atoms with Gasteiger partial charge in [-0.1, -0.05) is 6.08 Å². The predicted molar refractivity (Wildman–Crippen MR) is 70.7 cm³/mol. The van der Waals surface area contributed by atoms with Crippen LogP contribution in [0.25, 0.3) is 11.0 Å². The van der Waals surface area contributed by atoms with Crippen LogP contribution in [0, 0.1) is 0 Å². The van der Waals surface area contributed by atoms with Crippen molar-refractivity contribution in [1.82, 2.24) is 14.5 Å². The van der Waals surface area contributed by atoms with E-state index in [2.05, 4.69) is 11.9 Å². The minimum Gasteiger partial charge on any atom is -0.349 e. The smallest absolute Gasteiger partial charge is 0.328 e. The summed E-state index contributed by atoms with van der Waals surface area (Å²) in [5.41, 5.74) is 1.98. The maximum atomic E-state index is 11.8. The number of aromatic nitrogens is 2. The summed E-state index contributed by atoms with van der Waals surface area (Å²) in [6.07, 6.45) is 1.62. The Morgan fingerprint density at radius 1 is 1.33 bits per heavy atom. The second-order valence-corrected chi connectivity index (χ2v) is 4.10. The molecule has 0 fully saturated rings. The quantitative estimate of drug-likeness (QED) is 0.813. The van der Waals surface area contributed by atoms with Crippen LogP contribution in [-0.4, -0.2) is 21.6 Å². The van der Waals surface area contributed by atoms with E-state index in [0.29, 0.717) is 12.1 Å².